The van der Waals surface area contributed by atoms with Gasteiger partial charge in [-0.2, -0.15) is 4.68 Å². The molecule has 1 aliphatic rings. The van der Waals surface area contributed by atoms with Gasteiger partial charge >= 0.3 is 0 Å². The van der Waals surface area contributed by atoms with Gasteiger partial charge in [0.05, 0.1) is 5.75 Å². The van der Waals surface area contributed by atoms with Gasteiger partial charge in [0.25, 0.3) is 5.56 Å². The number of hydrogen-bond acceptors (Lipinski definition) is 6. The number of aromatic nitrogens is 3. The summed E-state index contributed by atoms with van der Waals surface area (Å²) in [6.07, 6.45) is 3.26. The zero-order valence-corrected chi connectivity index (χ0v) is 12.5. The standard InChI is InChI=1S/C12H19N5O2S/c1-8-5-3-4-6-16(8)10(18)7-20-12-15-14-9(2)11(19)17(12)13/h8H,3-7,13H2,1-2H3/t8-/m0/s1. The van der Waals surface area contributed by atoms with Crippen LogP contribution in [0.2, 0.25) is 0 Å². The molecule has 7 nitrogen and oxygen atoms in total. The summed E-state index contributed by atoms with van der Waals surface area (Å²) in [6.45, 7) is 4.41. The van der Waals surface area contributed by atoms with Crippen LogP contribution in [-0.2, 0) is 4.79 Å². The minimum atomic E-state index is -0.388. The number of carbonyl (C=O) groups excluding carboxylic acids is 1. The minimum absolute atomic E-state index is 0.0528. The van der Waals surface area contributed by atoms with Crippen molar-refractivity contribution in [1.82, 2.24) is 19.8 Å². The highest BCUT2D eigenvalue weighted by Crippen LogP contribution is 2.19. The lowest BCUT2D eigenvalue weighted by Crippen LogP contribution is -2.43. The number of hydrogen-bond donors (Lipinski definition) is 1. The molecular formula is C12H19N5O2S. The Hall–Kier alpha value is -1.57. The maximum Gasteiger partial charge on any atom is 0.294 e. The third-order valence-corrected chi connectivity index (χ3v) is 4.40. The van der Waals surface area contributed by atoms with Crippen molar-refractivity contribution in [3.8, 4) is 0 Å². The van der Waals surface area contributed by atoms with Gasteiger partial charge in [0, 0.05) is 12.6 Å². The largest absolute Gasteiger partial charge is 0.339 e. The van der Waals surface area contributed by atoms with E-state index >= 15 is 0 Å². The van der Waals surface area contributed by atoms with Crippen LogP contribution in [0.1, 0.15) is 31.9 Å². The molecule has 0 saturated carbocycles. The molecule has 1 aliphatic heterocycles. The Bertz CT molecular complexity index is 559. The normalized spacial score (nSPS) is 19.1. The highest BCUT2D eigenvalue weighted by Gasteiger charge is 2.23. The van der Waals surface area contributed by atoms with Crippen molar-refractivity contribution in [3.05, 3.63) is 16.0 Å². The number of nitrogens with zero attached hydrogens (tertiary/aromatic N) is 4. The molecule has 1 amide bonds. The zero-order chi connectivity index (χ0) is 14.7. The number of amides is 1. The second-order valence-electron chi connectivity index (χ2n) is 4.96. The number of carbonyl (C=O) groups is 1. The maximum atomic E-state index is 12.2. The Labute approximate surface area is 121 Å². The number of nitrogens with two attached hydrogens (primary N) is 1. The number of thioether (sulfide) groups is 1. The predicted molar refractivity (Wildman–Crippen MR) is 76.9 cm³/mol. The Morgan fingerprint density at radius 2 is 2.20 bits per heavy atom. The fourth-order valence-electron chi connectivity index (χ4n) is 2.25. The second kappa shape index (κ2) is 6.25. The molecule has 1 saturated heterocycles. The van der Waals surface area contributed by atoms with Gasteiger partial charge in [0.1, 0.15) is 5.69 Å². The van der Waals surface area contributed by atoms with Gasteiger partial charge in [-0.25, -0.2) is 0 Å². The molecule has 2 N–H and O–H groups in total. The number of rotatable bonds is 3. The molecule has 1 aromatic rings. The first kappa shape index (κ1) is 14.8. The van der Waals surface area contributed by atoms with E-state index in [0.717, 1.165) is 35.8 Å². The van der Waals surface area contributed by atoms with Crippen LogP contribution in [0.5, 0.6) is 0 Å². The summed E-state index contributed by atoms with van der Waals surface area (Å²) in [6, 6.07) is 0.279. The molecule has 0 radical (unpaired) electrons. The number of aryl methyl sites for hydroxylation is 1. The fourth-order valence-corrected chi connectivity index (χ4v) is 2.99. The van der Waals surface area contributed by atoms with Crippen molar-refractivity contribution < 1.29 is 4.79 Å². The molecule has 1 atom stereocenters. The average Bonchev–Trinajstić information content (AvgIpc) is 2.44. The van der Waals surface area contributed by atoms with E-state index in [1.54, 1.807) is 6.92 Å². The Balaban J connectivity index is 2.00. The van der Waals surface area contributed by atoms with Crippen LogP contribution in [0.15, 0.2) is 9.95 Å². The van der Waals surface area contributed by atoms with Crippen molar-refractivity contribution in [2.45, 2.75) is 44.3 Å². The molecular weight excluding hydrogens is 278 g/mol. The quantitative estimate of drug-likeness (QED) is 0.630. The van der Waals surface area contributed by atoms with Gasteiger partial charge in [0.2, 0.25) is 11.1 Å². The first-order chi connectivity index (χ1) is 9.50. The number of likely N-dealkylation sites (tertiary alicyclic amines) is 1. The van der Waals surface area contributed by atoms with E-state index in [4.69, 9.17) is 5.84 Å². The van der Waals surface area contributed by atoms with Gasteiger partial charge in [-0.3, -0.25) is 9.59 Å². The number of nitrogen functional groups attached to an aromatic ring is 1. The van der Waals surface area contributed by atoms with Gasteiger partial charge in [-0.15, -0.1) is 10.2 Å². The van der Waals surface area contributed by atoms with Crippen molar-refractivity contribution >= 4 is 17.7 Å². The van der Waals surface area contributed by atoms with Crippen LogP contribution < -0.4 is 11.4 Å². The molecule has 1 aromatic heterocycles. The Kier molecular flexibility index (Phi) is 4.64. The van der Waals surface area contributed by atoms with Gasteiger partial charge in [-0.1, -0.05) is 11.8 Å². The monoisotopic (exact) mass is 297 g/mol. The number of piperidine rings is 1. The van der Waals surface area contributed by atoms with Crippen molar-refractivity contribution in [2.75, 3.05) is 18.1 Å². The van der Waals surface area contributed by atoms with Crippen molar-refractivity contribution in [3.63, 3.8) is 0 Å². The van der Waals surface area contributed by atoms with Crippen molar-refractivity contribution in [1.29, 1.82) is 0 Å². The highest BCUT2D eigenvalue weighted by molar-refractivity contribution is 7.99. The fraction of sp³-hybridized carbons (Fsp3) is 0.667. The molecule has 8 heteroatoms. The van der Waals surface area contributed by atoms with Crippen LogP contribution in [0, 0.1) is 6.92 Å². The van der Waals surface area contributed by atoms with E-state index in [1.807, 2.05) is 4.90 Å². The lowest BCUT2D eigenvalue weighted by Gasteiger charge is -2.33. The van der Waals surface area contributed by atoms with Gasteiger partial charge < -0.3 is 10.7 Å². The summed E-state index contributed by atoms with van der Waals surface area (Å²) in [7, 11) is 0. The van der Waals surface area contributed by atoms with Crippen LogP contribution >= 0.6 is 11.8 Å². The topological polar surface area (TPSA) is 94.1 Å². The summed E-state index contributed by atoms with van der Waals surface area (Å²) >= 11 is 1.15. The maximum absolute atomic E-state index is 12.2. The van der Waals surface area contributed by atoms with Crippen molar-refractivity contribution in [2.24, 2.45) is 0 Å². The summed E-state index contributed by atoms with van der Waals surface area (Å²) in [5.41, 5.74) is -0.144. The summed E-state index contributed by atoms with van der Waals surface area (Å²) in [5.74, 6) is 5.91. The van der Waals surface area contributed by atoms with Gasteiger partial charge in [-0.05, 0) is 33.1 Å². The van der Waals surface area contributed by atoms with E-state index < -0.39 is 0 Å². The van der Waals surface area contributed by atoms with Gasteiger partial charge in [0.15, 0.2) is 0 Å². The first-order valence-corrected chi connectivity index (χ1v) is 7.63. The minimum Gasteiger partial charge on any atom is -0.339 e. The van der Waals surface area contributed by atoms with E-state index in [2.05, 4.69) is 17.1 Å². The average molecular weight is 297 g/mol. The lowest BCUT2D eigenvalue weighted by atomic mass is 10.0. The van der Waals surface area contributed by atoms with E-state index in [9.17, 15) is 9.59 Å². The van der Waals surface area contributed by atoms with E-state index in [1.165, 1.54) is 6.42 Å². The molecule has 2 heterocycles. The van der Waals surface area contributed by atoms with Crippen LogP contribution in [0.3, 0.4) is 0 Å². The lowest BCUT2D eigenvalue weighted by molar-refractivity contribution is -0.131. The Morgan fingerprint density at radius 3 is 2.90 bits per heavy atom. The molecule has 0 unspecified atom stereocenters. The van der Waals surface area contributed by atoms with E-state index in [-0.39, 0.29) is 34.1 Å². The molecule has 2 rings (SSSR count). The molecule has 0 aromatic carbocycles. The SMILES string of the molecule is Cc1nnc(SCC(=O)N2CCCC[C@@H]2C)n(N)c1=O. The highest BCUT2D eigenvalue weighted by atomic mass is 32.2. The molecule has 0 bridgehead atoms. The van der Waals surface area contributed by atoms with Crippen LogP contribution in [0.25, 0.3) is 0 Å². The Morgan fingerprint density at radius 1 is 1.45 bits per heavy atom. The third kappa shape index (κ3) is 3.12. The van der Waals surface area contributed by atoms with Crippen LogP contribution in [0.4, 0.5) is 0 Å². The summed E-state index contributed by atoms with van der Waals surface area (Å²) < 4.78 is 0.944. The second-order valence-corrected chi connectivity index (χ2v) is 5.91. The summed E-state index contributed by atoms with van der Waals surface area (Å²) in [5, 5.41) is 7.85. The van der Waals surface area contributed by atoms with Crippen LogP contribution in [-0.4, -0.2) is 44.0 Å². The molecule has 0 spiro atoms. The summed E-state index contributed by atoms with van der Waals surface area (Å²) in [4.78, 5) is 25.7. The third-order valence-electron chi connectivity index (χ3n) is 3.47. The molecule has 0 aliphatic carbocycles. The molecule has 20 heavy (non-hydrogen) atoms. The van der Waals surface area contributed by atoms with E-state index in [0.29, 0.717) is 0 Å². The molecule has 110 valence electrons. The zero-order valence-electron chi connectivity index (χ0n) is 11.7. The molecule has 1 fully saturated rings. The predicted octanol–water partition coefficient (Wildman–Crippen LogP) is 0.154. The first-order valence-electron chi connectivity index (χ1n) is 6.64. The smallest absolute Gasteiger partial charge is 0.294 e.